The van der Waals surface area contributed by atoms with E-state index >= 15 is 0 Å². The van der Waals surface area contributed by atoms with E-state index in [1.807, 2.05) is 24.3 Å². The lowest BCUT2D eigenvalue weighted by molar-refractivity contribution is 0.667. The van der Waals surface area contributed by atoms with Crippen molar-refractivity contribution in [3.05, 3.63) is 194 Å². The van der Waals surface area contributed by atoms with Gasteiger partial charge in [-0.15, -0.1) is 0 Å². The second-order valence-corrected chi connectivity index (χ2v) is 14.1. The number of rotatable bonds is 5. The summed E-state index contributed by atoms with van der Waals surface area (Å²) in [5, 5.41) is 8.63. The van der Waals surface area contributed by atoms with E-state index in [0.29, 0.717) is 11.4 Å². The molecule has 0 aliphatic rings. The topological polar surface area (TPSA) is 38.9 Å². The third kappa shape index (κ3) is 5.28. The molecule has 11 aromatic rings. The minimum atomic E-state index is 0.672. The molecule has 11 rings (SSSR count). The summed E-state index contributed by atoms with van der Waals surface area (Å²) in [4.78, 5) is 10.2. The summed E-state index contributed by atoms with van der Waals surface area (Å²) in [6, 6.07) is 68.7. The lowest BCUT2D eigenvalue weighted by Crippen LogP contribution is -1.93. The van der Waals surface area contributed by atoms with Crippen molar-refractivity contribution in [2.24, 2.45) is 0 Å². The van der Waals surface area contributed by atoms with Crippen molar-refractivity contribution in [2.45, 2.75) is 0 Å². The summed E-state index contributed by atoms with van der Waals surface area (Å²) >= 11 is 0. The number of benzene rings is 9. The lowest BCUT2D eigenvalue weighted by atomic mass is 9.91. The first-order valence-electron chi connectivity index (χ1n) is 18.6. The molecule has 2 aromatic heterocycles. The van der Waals surface area contributed by atoms with Gasteiger partial charge in [-0.1, -0.05) is 170 Å². The normalized spacial score (nSPS) is 11.6. The average molecular weight is 701 g/mol. The molecule has 0 aliphatic heterocycles. The summed E-state index contributed by atoms with van der Waals surface area (Å²) in [5.74, 6) is 0.672. The minimum absolute atomic E-state index is 0.672. The summed E-state index contributed by atoms with van der Waals surface area (Å²) in [6.45, 7) is 0. The second kappa shape index (κ2) is 12.6. The Kier molecular flexibility index (Phi) is 7.17. The van der Waals surface area contributed by atoms with E-state index in [1.54, 1.807) is 0 Å². The summed E-state index contributed by atoms with van der Waals surface area (Å²) in [7, 11) is 0. The molecule has 0 saturated heterocycles. The predicted molar refractivity (Wildman–Crippen MR) is 229 cm³/mol. The van der Waals surface area contributed by atoms with Crippen LogP contribution in [-0.2, 0) is 0 Å². The van der Waals surface area contributed by atoms with E-state index in [9.17, 15) is 0 Å². The second-order valence-electron chi connectivity index (χ2n) is 14.1. The maximum Gasteiger partial charge on any atom is 0.180 e. The standard InChI is InChI=1S/C52H32N2O/c1-3-12-33(13-4-1)34-22-24-35(25-23-34)49-51-50(54-52(53-49)36-14-5-2-6-15-36)46-29-27-40(32-48(46)55-51)38-17-11-16-37(30-38)39-26-28-45-43-20-8-7-18-41(43)42-19-9-10-21-44(42)47(45)31-39/h1-32H. The molecule has 3 nitrogen and oxygen atoms in total. The Bertz CT molecular complexity index is 3200. The molecule has 0 radical (unpaired) electrons. The van der Waals surface area contributed by atoms with Crippen LogP contribution < -0.4 is 0 Å². The van der Waals surface area contributed by atoms with E-state index in [0.717, 1.165) is 50.0 Å². The van der Waals surface area contributed by atoms with Crippen LogP contribution in [0.1, 0.15) is 0 Å². The third-order valence-corrected chi connectivity index (χ3v) is 10.9. The minimum Gasteiger partial charge on any atom is -0.452 e. The van der Waals surface area contributed by atoms with Crippen molar-refractivity contribution >= 4 is 54.4 Å². The van der Waals surface area contributed by atoms with Gasteiger partial charge in [0, 0.05) is 16.5 Å². The van der Waals surface area contributed by atoms with Crippen LogP contribution in [0.5, 0.6) is 0 Å². The summed E-state index contributed by atoms with van der Waals surface area (Å²) < 4.78 is 6.72. The molecular formula is C52H32N2O. The van der Waals surface area contributed by atoms with Gasteiger partial charge in [-0.25, -0.2) is 9.97 Å². The van der Waals surface area contributed by atoms with Gasteiger partial charge in [-0.3, -0.25) is 0 Å². The average Bonchev–Trinajstić information content (AvgIpc) is 3.65. The van der Waals surface area contributed by atoms with E-state index in [1.165, 1.54) is 49.0 Å². The molecule has 0 atom stereocenters. The van der Waals surface area contributed by atoms with Gasteiger partial charge in [-0.05, 0) is 90.0 Å². The Balaban J connectivity index is 1.02. The molecule has 0 spiro atoms. The predicted octanol–water partition coefficient (Wildman–Crippen LogP) is 14.2. The Morgan fingerprint density at radius 1 is 0.291 bits per heavy atom. The van der Waals surface area contributed by atoms with E-state index < -0.39 is 0 Å². The van der Waals surface area contributed by atoms with Crippen molar-refractivity contribution in [3.63, 3.8) is 0 Å². The highest BCUT2D eigenvalue weighted by atomic mass is 16.3. The third-order valence-electron chi connectivity index (χ3n) is 10.9. The highest BCUT2D eigenvalue weighted by Crippen LogP contribution is 2.40. The largest absolute Gasteiger partial charge is 0.452 e. The van der Waals surface area contributed by atoms with E-state index in [-0.39, 0.29) is 0 Å². The molecule has 9 aromatic carbocycles. The number of aromatic nitrogens is 2. The quantitative estimate of drug-likeness (QED) is 0.168. The highest BCUT2D eigenvalue weighted by Gasteiger charge is 2.19. The zero-order chi connectivity index (χ0) is 36.3. The van der Waals surface area contributed by atoms with Gasteiger partial charge in [0.1, 0.15) is 16.8 Å². The maximum atomic E-state index is 6.72. The molecule has 0 aliphatic carbocycles. The Hall–Kier alpha value is -7.36. The first-order chi connectivity index (χ1) is 27.2. The van der Waals surface area contributed by atoms with Crippen molar-refractivity contribution in [1.29, 1.82) is 0 Å². The fraction of sp³-hybridized carbons (Fsp3) is 0. The molecule has 256 valence electrons. The fourth-order valence-corrected chi connectivity index (χ4v) is 8.15. The molecule has 0 fully saturated rings. The number of fused-ring (bicyclic) bond motifs is 9. The van der Waals surface area contributed by atoms with Crippen LogP contribution >= 0.6 is 0 Å². The van der Waals surface area contributed by atoms with Crippen LogP contribution in [0.4, 0.5) is 0 Å². The SMILES string of the molecule is c1ccc(-c2ccc(-c3nc(-c4ccccc4)nc4c3oc3cc(-c5cccc(-c6ccc7c8ccccc8c8ccccc8c7c6)c5)ccc34)cc2)cc1. The first-order valence-corrected chi connectivity index (χ1v) is 18.6. The Morgan fingerprint density at radius 2 is 0.745 bits per heavy atom. The van der Waals surface area contributed by atoms with Gasteiger partial charge in [0.25, 0.3) is 0 Å². The highest BCUT2D eigenvalue weighted by molar-refractivity contribution is 6.25. The smallest absolute Gasteiger partial charge is 0.180 e. The van der Waals surface area contributed by atoms with Crippen LogP contribution in [0.3, 0.4) is 0 Å². The molecule has 0 saturated carbocycles. The van der Waals surface area contributed by atoms with Crippen molar-refractivity contribution in [3.8, 4) is 56.0 Å². The monoisotopic (exact) mass is 700 g/mol. The van der Waals surface area contributed by atoms with Crippen LogP contribution in [0.15, 0.2) is 199 Å². The van der Waals surface area contributed by atoms with Crippen LogP contribution in [-0.4, -0.2) is 9.97 Å². The number of furan rings is 1. The van der Waals surface area contributed by atoms with Gasteiger partial charge >= 0.3 is 0 Å². The van der Waals surface area contributed by atoms with Crippen molar-refractivity contribution < 1.29 is 4.42 Å². The molecule has 0 amide bonds. The summed E-state index contributed by atoms with van der Waals surface area (Å²) in [6.07, 6.45) is 0. The number of hydrogen-bond acceptors (Lipinski definition) is 3. The van der Waals surface area contributed by atoms with E-state index in [2.05, 4.69) is 170 Å². The molecule has 55 heavy (non-hydrogen) atoms. The Morgan fingerprint density at radius 3 is 1.40 bits per heavy atom. The molecule has 0 unspecified atom stereocenters. The fourth-order valence-electron chi connectivity index (χ4n) is 8.15. The van der Waals surface area contributed by atoms with Gasteiger partial charge in [0.05, 0.1) is 0 Å². The molecule has 0 bridgehead atoms. The Labute approximate surface area is 317 Å². The number of nitrogens with zero attached hydrogens (tertiary/aromatic N) is 2. The van der Waals surface area contributed by atoms with Gasteiger partial charge < -0.3 is 4.42 Å². The molecule has 2 heterocycles. The molecule has 3 heteroatoms. The van der Waals surface area contributed by atoms with Gasteiger partial charge in [0.2, 0.25) is 0 Å². The summed E-state index contributed by atoms with van der Waals surface area (Å²) in [5.41, 5.74) is 11.9. The van der Waals surface area contributed by atoms with Crippen LogP contribution in [0.2, 0.25) is 0 Å². The van der Waals surface area contributed by atoms with Crippen LogP contribution in [0.25, 0.3) is 110 Å². The van der Waals surface area contributed by atoms with Gasteiger partial charge in [-0.2, -0.15) is 0 Å². The molecule has 0 N–H and O–H groups in total. The van der Waals surface area contributed by atoms with Crippen LogP contribution in [0, 0.1) is 0 Å². The first kappa shape index (κ1) is 31.2. The lowest BCUT2D eigenvalue weighted by Gasteiger charge is -2.12. The van der Waals surface area contributed by atoms with Crippen molar-refractivity contribution in [2.75, 3.05) is 0 Å². The van der Waals surface area contributed by atoms with E-state index in [4.69, 9.17) is 14.4 Å². The zero-order valence-electron chi connectivity index (χ0n) is 29.8. The van der Waals surface area contributed by atoms with Crippen molar-refractivity contribution in [1.82, 2.24) is 9.97 Å². The molecular weight excluding hydrogens is 669 g/mol. The van der Waals surface area contributed by atoms with Gasteiger partial charge in [0.15, 0.2) is 11.4 Å². The zero-order valence-corrected chi connectivity index (χ0v) is 29.8. The number of hydrogen-bond donors (Lipinski definition) is 0. The maximum absolute atomic E-state index is 6.72.